The fraction of sp³-hybridized carbons (Fsp3) is 0.644. The number of unbranched alkanes of at least 4 members (excludes halogenated alkanes) is 5. The van der Waals surface area contributed by atoms with Gasteiger partial charge in [-0.2, -0.15) is 0 Å². The van der Waals surface area contributed by atoms with Crippen LogP contribution in [0.5, 0.6) is 11.5 Å². The molecular weight excluding hydrogens is 677 g/mol. The van der Waals surface area contributed by atoms with Gasteiger partial charge in [0.2, 0.25) is 0 Å². The number of hydrogen-bond donors (Lipinski definition) is 0. The first-order valence-corrected chi connectivity index (χ1v) is 26.8. The summed E-state index contributed by atoms with van der Waals surface area (Å²) in [6.45, 7) is 17.7. The fourth-order valence-electron chi connectivity index (χ4n) is 7.60. The van der Waals surface area contributed by atoms with Gasteiger partial charge in [0.1, 0.15) is 36.9 Å². The Kier molecular flexibility index (Phi) is 18.8. The summed E-state index contributed by atoms with van der Waals surface area (Å²) >= 11 is 0. The number of allylic oxidation sites excluding steroid dienone is 3. The van der Waals surface area contributed by atoms with Crippen molar-refractivity contribution in [2.24, 2.45) is 0 Å². The monoisotopic (exact) mass is 748 g/mol. The van der Waals surface area contributed by atoms with Crippen molar-refractivity contribution >= 4 is 22.7 Å². The molecule has 290 valence electrons. The zero-order valence-electron chi connectivity index (χ0n) is 33.7. The van der Waals surface area contributed by atoms with Gasteiger partial charge in [0.05, 0.1) is 13.2 Å². The zero-order valence-corrected chi connectivity index (χ0v) is 35.7. The van der Waals surface area contributed by atoms with Crippen LogP contribution in [0.1, 0.15) is 115 Å². The maximum Gasteiger partial charge on any atom is 0.176 e. The minimum absolute atomic E-state index is 0.280. The summed E-state index contributed by atoms with van der Waals surface area (Å²) in [6.07, 6.45) is 28.8. The Bertz CT molecular complexity index is 1330. The molecule has 0 amide bonds. The van der Waals surface area contributed by atoms with Crippen LogP contribution in [0.3, 0.4) is 0 Å². The molecule has 2 aromatic rings. The standard InChI is InChI=1S/C45H72O5Si2/c1-7-22-44(30-17-15-13-11-9-10-12-14-16-24-38-26-20-28-40(32-38)46-34-42-36-48-42)51(3,4)50-52(5,6)45(23-8-2)31-19-18-25-39-27-21-29-41(33-39)47-35-43-37-49-43/h13,15,18,20-21,25-29,32-33,42-45H,7-12,14,16-17,19,22-24,30-31,34-37H2,1-6H3/b15-13+,25-18+. The molecule has 2 heterocycles. The van der Waals surface area contributed by atoms with Crippen LogP contribution in [0.25, 0.3) is 6.08 Å². The van der Waals surface area contributed by atoms with E-state index in [0.29, 0.717) is 24.9 Å². The first kappa shape index (κ1) is 42.6. The number of benzene rings is 2. The van der Waals surface area contributed by atoms with Gasteiger partial charge in [0, 0.05) is 0 Å². The molecule has 0 aliphatic carbocycles. The molecule has 2 saturated heterocycles. The van der Waals surface area contributed by atoms with Crippen molar-refractivity contribution in [2.75, 3.05) is 26.4 Å². The minimum Gasteiger partial charge on any atom is -0.491 e. The third-order valence-corrected chi connectivity index (χ3v) is 20.2. The third kappa shape index (κ3) is 16.9. The molecule has 0 bridgehead atoms. The highest BCUT2D eigenvalue weighted by Crippen LogP contribution is 2.40. The lowest BCUT2D eigenvalue weighted by molar-refractivity contribution is 0.263. The average molecular weight is 749 g/mol. The summed E-state index contributed by atoms with van der Waals surface area (Å²) in [5, 5.41) is 0. The Labute approximate surface area is 320 Å². The van der Waals surface area contributed by atoms with Crippen molar-refractivity contribution in [1.82, 2.24) is 0 Å². The molecule has 2 aliphatic rings. The second kappa shape index (κ2) is 22.9. The summed E-state index contributed by atoms with van der Waals surface area (Å²) in [6, 6.07) is 17.0. The van der Waals surface area contributed by atoms with Crippen LogP contribution in [-0.2, 0) is 20.0 Å². The number of epoxide rings is 2. The molecule has 0 N–H and O–H groups in total. The van der Waals surface area contributed by atoms with Gasteiger partial charge < -0.3 is 23.1 Å². The van der Waals surface area contributed by atoms with E-state index < -0.39 is 16.6 Å². The lowest BCUT2D eigenvalue weighted by atomic mass is 10.0. The Morgan fingerprint density at radius 2 is 1.19 bits per heavy atom. The second-order valence-electron chi connectivity index (χ2n) is 16.4. The molecule has 7 heteroatoms. The average Bonchev–Trinajstić information content (AvgIpc) is 4.06. The van der Waals surface area contributed by atoms with E-state index in [4.69, 9.17) is 23.1 Å². The van der Waals surface area contributed by atoms with Crippen LogP contribution in [0.15, 0.2) is 66.8 Å². The van der Waals surface area contributed by atoms with E-state index in [1.54, 1.807) is 0 Å². The van der Waals surface area contributed by atoms with Crippen LogP contribution in [0.2, 0.25) is 37.3 Å². The summed E-state index contributed by atoms with van der Waals surface area (Å²) in [4.78, 5) is 0. The predicted octanol–water partition coefficient (Wildman–Crippen LogP) is 12.7. The topological polar surface area (TPSA) is 52.8 Å². The lowest BCUT2D eigenvalue weighted by Gasteiger charge is -2.43. The predicted molar refractivity (Wildman–Crippen MR) is 225 cm³/mol. The van der Waals surface area contributed by atoms with E-state index in [-0.39, 0.29) is 6.10 Å². The molecule has 2 aliphatic heterocycles. The normalized spacial score (nSPS) is 18.6. The van der Waals surface area contributed by atoms with Crippen LogP contribution < -0.4 is 9.47 Å². The highest BCUT2D eigenvalue weighted by Gasteiger charge is 2.42. The smallest absolute Gasteiger partial charge is 0.176 e. The lowest BCUT2D eigenvalue weighted by Crippen LogP contribution is -2.50. The number of ether oxygens (including phenoxy) is 4. The first-order valence-electron chi connectivity index (χ1n) is 20.9. The van der Waals surface area contributed by atoms with Gasteiger partial charge in [-0.25, -0.2) is 0 Å². The molecule has 2 aromatic carbocycles. The molecular formula is C45H72O5Si2. The SMILES string of the molecule is CCCC(CC/C=C/CCCCCCCc1cccc(OCC2CO2)c1)[Si](C)(C)O[Si](C)(C)C(CCC)CC/C=C/c1cccc(OCC2CO2)c1. The summed E-state index contributed by atoms with van der Waals surface area (Å²) in [5.74, 6) is 1.90. The highest BCUT2D eigenvalue weighted by atomic mass is 28.4. The highest BCUT2D eigenvalue weighted by molar-refractivity contribution is 6.86. The molecule has 4 rings (SSSR count). The van der Waals surface area contributed by atoms with Crippen molar-refractivity contribution in [3.05, 3.63) is 77.9 Å². The third-order valence-electron chi connectivity index (χ3n) is 10.9. The van der Waals surface area contributed by atoms with E-state index in [9.17, 15) is 0 Å². The Balaban J connectivity index is 1.12. The van der Waals surface area contributed by atoms with Crippen molar-refractivity contribution in [3.63, 3.8) is 0 Å². The van der Waals surface area contributed by atoms with E-state index in [0.717, 1.165) is 43.1 Å². The van der Waals surface area contributed by atoms with Crippen LogP contribution in [0.4, 0.5) is 0 Å². The molecule has 4 atom stereocenters. The molecule has 4 unspecified atom stereocenters. The van der Waals surface area contributed by atoms with Crippen LogP contribution >= 0.6 is 0 Å². The molecule has 5 nitrogen and oxygen atoms in total. The molecule has 0 spiro atoms. The number of hydrogen-bond acceptors (Lipinski definition) is 5. The number of aryl methyl sites for hydroxylation is 1. The van der Waals surface area contributed by atoms with Gasteiger partial charge in [0.25, 0.3) is 0 Å². The van der Waals surface area contributed by atoms with Gasteiger partial charge in [0.15, 0.2) is 16.6 Å². The summed E-state index contributed by atoms with van der Waals surface area (Å²) in [5.41, 5.74) is 3.99. The van der Waals surface area contributed by atoms with E-state index in [1.807, 2.05) is 6.07 Å². The van der Waals surface area contributed by atoms with Crippen molar-refractivity contribution in [3.8, 4) is 11.5 Å². The van der Waals surface area contributed by atoms with Gasteiger partial charge in [-0.05, 0) is 124 Å². The van der Waals surface area contributed by atoms with Crippen LogP contribution in [-0.4, -0.2) is 55.3 Å². The van der Waals surface area contributed by atoms with E-state index >= 15 is 0 Å². The maximum absolute atomic E-state index is 7.43. The number of rotatable bonds is 29. The van der Waals surface area contributed by atoms with E-state index in [1.165, 1.54) is 94.6 Å². The molecule has 52 heavy (non-hydrogen) atoms. The summed E-state index contributed by atoms with van der Waals surface area (Å²) < 4.78 is 29.7. The van der Waals surface area contributed by atoms with Gasteiger partial charge in [-0.1, -0.05) is 107 Å². The van der Waals surface area contributed by atoms with Crippen molar-refractivity contribution < 1.29 is 23.1 Å². The molecule has 0 radical (unpaired) electrons. The Hall–Kier alpha value is -2.17. The van der Waals surface area contributed by atoms with E-state index in [2.05, 4.69) is 107 Å². The van der Waals surface area contributed by atoms with Gasteiger partial charge >= 0.3 is 0 Å². The van der Waals surface area contributed by atoms with Crippen molar-refractivity contribution in [1.29, 1.82) is 0 Å². The summed E-state index contributed by atoms with van der Waals surface area (Å²) in [7, 11) is -3.73. The zero-order chi connectivity index (χ0) is 37.1. The molecule has 2 fully saturated rings. The Morgan fingerprint density at radius 3 is 1.81 bits per heavy atom. The van der Waals surface area contributed by atoms with Gasteiger partial charge in [-0.3, -0.25) is 0 Å². The molecule has 0 aromatic heterocycles. The van der Waals surface area contributed by atoms with Gasteiger partial charge in [-0.15, -0.1) is 0 Å². The second-order valence-corrected chi connectivity index (χ2v) is 25.2. The Morgan fingerprint density at radius 1 is 0.654 bits per heavy atom. The minimum atomic E-state index is -1.87. The molecule has 0 saturated carbocycles. The van der Waals surface area contributed by atoms with Crippen LogP contribution in [0, 0.1) is 0 Å². The maximum atomic E-state index is 7.43. The van der Waals surface area contributed by atoms with Crippen molar-refractivity contribution in [2.45, 2.75) is 160 Å². The quantitative estimate of drug-likeness (QED) is 0.0359. The first-order chi connectivity index (χ1) is 25.2. The fourth-order valence-corrected chi connectivity index (χ4v) is 18.0. The largest absolute Gasteiger partial charge is 0.491 e.